The highest BCUT2D eigenvalue weighted by Crippen LogP contribution is 2.02. The lowest BCUT2D eigenvalue weighted by atomic mass is 10.2. The van der Waals surface area contributed by atoms with Gasteiger partial charge in [0.1, 0.15) is 0 Å². The van der Waals surface area contributed by atoms with Crippen LogP contribution in [0.2, 0.25) is 0 Å². The molecule has 0 saturated heterocycles. The fourth-order valence-corrected chi connectivity index (χ4v) is 1.25. The van der Waals surface area contributed by atoms with E-state index in [0.717, 1.165) is 5.33 Å². The molecule has 2 rings (SSSR count). The number of hydrogen-bond acceptors (Lipinski definition) is 2. The van der Waals surface area contributed by atoms with Crippen molar-refractivity contribution in [3.05, 3.63) is 64.6 Å². The molecule has 0 fully saturated rings. The summed E-state index contributed by atoms with van der Waals surface area (Å²) in [5.74, 6) is 0. The van der Waals surface area contributed by atoms with Gasteiger partial charge in [0.15, 0.2) is 0 Å². The summed E-state index contributed by atoms with van der Waals surface area (Å²) in [6.45, 7) is 0. The highest BCUT2D eigenvalue weighted by atomic mass is 79.9. The van der Waals surface area contributed by atoms with E-state index >= 15 is 0 Å². The van der Waals surface area contributed by atoms with Crippen molar-refractivity contribution in [2.45, 2.75) is 5.33 Å². The fraction of sp³-hybridized carbons (Fsp3) is 0.0909. The minimum atomic E-state index is -0.164. The van der Waals surface area contributed by atoms with Crippen LogP contribution in [0, 0.1) is 0 Å². The second-order valence-corrected chi connectivity index (χ2v) is 3.29. The van der Waals surface area contributed by atoms with Crippen LogP contribution in [0.1, 0.15) is 5.56 Å². The summed E-state index contributed by atoms with van der Waals surface area (Å²) < 4.78 is 0. The van der Waals surface area contributed by atoms with Crippen molar-refractivity contribution >= 4 is 15.9 Å². The average molecular weight is 267 g/mol. The molecule has 0 bridgehead atoms. The van der Waals surface area contributed by atoms with E-state index in [1.807, 2.05) is 18.2 Å². The highest BCUT2D eigenvalue weighted by Gasteiger charge is 1.81. The Hall–Kier alpha value is -1.42. The molecule has 15 heavy (non-hydrogen) atoms. The zero-order valence-corrected chi connectivity index (χ0v) is 9.65. The number of alkyl halides is 1. The molecule has 1 aromatic carbocycles. The minimum Gasteiger partial charge on any atom is -0.268 e. The first-order chi connectivity index (χ1) is 7.33. The Bertz CT molecular complexity index is 410. The third kappa shape index (κ3) is 5.12. The zero-order valence-electron chi connectivity index (χ0n) is 8.06. The second-order valence-electron chi connectivity index (χ2n) is 2.73. The van der Waals surface area contributed by atoms with Crippen molar-refractivity contribution in [1.82, 2.24) is 10.2 Å². The van der Waals surface area contributed by atoms with Crippen LogP contribution in [-0.2, 0) is 5.33 Å². The van der Waals surface area contributed by atoms with Gasteiger partial charge in [0.05, 0.1) is 0 Å². The molecule has 4 heteroatoms. The molecule has 0 radical (unpaired) electrons. The Morgan fingerprint density at radius 1 is 1.13 bits per heavy atom. The van der Waals surface area contributed by atoms with E-state index in [1.54, 1.807) is 6.07 Å². The van der Waals surface area contributed by atoms with Gasteiger partial charge in [-0.05, 0) is 11.6 Å². The number of hydrogen-bond donors (Lipinski definition) is 1. The van der Waals surface area contributed by atoms with Gasteiger partial charge >= 0.3 is 0 Å². The summed E-state index contributed by atoms with van der Waals surface area (Å²) in [7, 11) is 0. The van der Waals surface area contributed by atoms with Crippen molar-refractivity contribution in [3.8, 4) is 0 Å². The number of benzene rings is 1. The van der Waals surface area contributed by atoms with Gasteiger partial charge in [0.2, 0.25) is 0 Å². The molecule has 0 amide bonds. The molecule has 0 aliphatic rings. The molecule has 0 aliphatic heterocycles. The summed E-state index contributed by atoms with van der Waals surface area (Å²) in [5, 5.41) is 6.62. The summed E-state index contributed by atoms with van der Waals surface area (Å²) in [5.41, 5.74) is 1.16. The average Bonchev–Trinajstić information content (AvgIpc) is 2.32. The normalized spacial score (nSPS) is 8.87. The Labute approximate surface area is 96.3 Å². The van der Waals surface area contributed by atoms with Crippen LogP contribution < -0.4 is 5.56 Å². The molecular weight excluding hydrogens is 256 g/mol. The maximum atomic E-state index is 10.2. The largest absolute Gasteiger partial charge is 0.268 e. The topological polar surface area (TPSA) is 45.8 Å². The molecular formula is C11H11BrN2O. The Morgan fingerprint density at radius 3 is 2.20 bits per heavy atom. The van der Waals surface area contributed by atoms with Gasteiger partial charge in [-0.2, -0.15) is 5.10 Å². The summed E-state index contributed by atoms with van der Waals surface area (Å²) in [6, 6.07) is 13.3. The van der Waals surface area contributed by atoms with Gasteiger partial charge in [0.25, 0.3) is 5.56 Å². The number of halogens is 1. The van der Waals surface area contributed by atoms with Crippen LogP contribution in [-0.4, -0.2) is 10.2 Å². The van der Waals surface area contributed by atoms with Crippen molar-refractivity contribution in [2.75, 3.05) is 0 Å². The van der Waals surface area contributed by atoms with Gasteiger partial charge in [0, 0.05) is 17.6 Å². The lowest BCUT2D eigenvalue weighted by Crippen LogP contribution is -2.02. The van der Waals surface area contributed by atoms with Gasteiger partial charge in [-0.15, -0.1) is 0 Å². The summed E-state index contributed by atoms with van der Waals surface area (Å²) in [6.07, 6.45) is 1.52. The molecule has 2 aromatic rings. The Balaban J connectivity index is 0.000000151. The molecule has 0 saturated carbocycles. The molecule has 0 atom stereocenters. The highest BCUT2D eigenvalue weighted by molar-refractivity contribution is 9.08. The van der Waals surface area contributed by atoms with Crippen molar-refractivity contribution < 1.29 is 0 Å². The van der Waals surface area contributed by atoms with Crippen LogP contribution in [0.15, 0.2) is 53.5 Å². The smallest absolute Gasteiger partial charge is 0.264 e. The number of aromatic nitrogens is 2. The molecule has 0 unspecified atom stereocenters. The lowest BCUT2D eigenvalue weighted by Gasteiger charge is -1.88. The van der Waals surface area contributed by atoms with E-state index in [9.17, 15) is 4.79 Å². The Morgan fingerprint density at radius 2 is 1.87 bits per heavy atom. The number of H-pyrrole nitrogens is 1. The van der Waals surface area contributed by atoms with E-state index in [2.05, 4.69) is 38.3 Å². The lowest BCUT2D eigenvalue weighted by molar-refractivity contribution is 0.988. The zero-order chi connectivity index (χ0) is 10.9. The molecule has 0 aliphatic carbocycles. The molecule has 1 aromatic heterocycles. The molecule has 1 heterocycles. The molecule has 78 valence electrons. The van der Waals surface area contributed by atoms with Crippen molar-refractivity contribution in [2.24, 2.45) is 0 Å². The molecule has 0 spiro atoms. The van der Waals surface area contributed by atoms with E-state index in [0.29, 0.717) is 0 Å². The monoisotopic (exact) mass is 266 g/mol. The van der Waals surface area contributed by atoms with Crippen LogP contribution >= 0.6 is 15.9 Å². The summed E-state index contributed by atoms with van der Waals surface area (Å²) >= 11 is 3.36. The van der Waals surface area contributed by atoms with Crippen LogP contribution in [0.3, 0.4) is 0 Å². The summed E-state index contributed by atoms with van der Waals surface area (Å²) in [4.78, 5) is 10.2. The maximum Gasteiger partial charge on any atom is 0.264 e. The van der Waals surface area contributed by atoms with Gasteiger partial charge < -0.3 is 0 Å². The third-order valence-electron chi connectivity index (χ3n) is 1.58. The van der Waals surface area contributed by atoms with E-state index in [4.69, 9.17) is 0 Å². The van der Waals surface area contributed by atoms with Crippen LogP contribution in [0.4, 0.5) is 0 Å². The second kappa shape index (κ2) is 6.95. The first-order valence-corrected chi connectivity index (χ1v) is 5.54. The molecule has 3 nitrogen and oxygen atoms in total. The third-order valence-corrected chi connectivity index (χ3v) is 2.23. The predicted octanol–water partition coefficient (Wildman–Crippen LogP) is 2.35. The van der Waals surface area contributed by atoms with Crippen LogP contribution in [0.25, 0.3) is 0 Å². The predicted molar refractivity (Wildman–Crippen MR) is 63.9 cm³/mol. The number of nitrogens with one attached hydrogen (secondary N) is 1. The first-order valence-electron chi connectivity index (χ1n) is 4.42. The van der Waals surface area contributed by atoms with Gasteiger partial charge in [-0.25, -0.2) is 5.10 Å². The van der Waals surface area contributed by atoms with E-state index < -0.39 is 0 Å². The van der Waals surface area contributed by atoms with Gasteiger partial charge in [-0.1, -0.05) is 46.3 Å². The SMILES string of the molecule is BrCc1ccccc1.O=c1cccn[nH]1. The fourth-order valence-electron chi connectivity index (χ4n) is 0.879. The number of rotatable bonds is 1. The minimum absolute atomic E-state index is 0.164. The first kappa shape index (κ1) is 11.7. The maximum absolute atomic E-state index is 10.2. The quantitative estimate of drug-likeness (QED) is 0.806. The van der Waals surface area contributed by atoms with Gasteiger partial charge in [-0.3, -0.25) is 4.79 Å². The van der Waals surface area contributed by atoms with E-state index in [1.165, 1.54) is 17.8 Å². The number of nitrogens with zero attached hydrogens (tertiary/aromatic N) is 1. The van der Waals surface area contributed by atoms with E-state index in [-0.39, 0.29) is 5.56 Å². The molecule has 1 N–H and O–H groups in total. The van der Waals surface area contributed by atoms with Crippen LogP contribution in [0.5, 0.6) is 0 Å². The number of aromatic amines is 1. The Kier molecular flexibility index (Phi) is 5.40. The van der Waals surface area contributed by atoms with Crippen molar-refractivity contribution in [3.63, 3.8) is 0 Å². The van der Waals surface area contributed by atoms with Crippen molar-refractivity contribution in [1.29, 1.82) is 0 Å². The standard InChI is InChI=1S/C7H7Br.C4H4N2O/c8-6-7-4-2-1-3-5-7;7-4-2-1-3-5-6-4/h1-5H,6H2;1-3H,(H,6,7).